The van der Waals surface area contributed by atoms with Crippen LogP contribution in [0.1, 0.15) is 57.1 Å². The van der Waals surface area contributed by atoms with E-state index in [9.17, 15) is 4.79 Å². The van der Waals surface area contributed by atoms with Crippen LogP contribution < -0.4 is 10.6 Å². The minimum atomic E-state index is 0.274. The van der Waals surface area contributed by atoms with E-state index in [2.05, 4.69) is 58.5 Å². The molecule has 0 radical (unpaired) electrons. The zero-order chi connectivity index (χ0) is 21.6. The van der Waals surface area contributed by atoms with Gasteiger partial charge >= 0.3 is 0 Å². The molecular formula is C25H39N5O. The third-order valence-corrected chi connectivity index (χ3v) is 7.19. The summed E-state index contributed by atoms with van der Waals surface area (Å²) in [6.07, 6.45) is 6.71. The Morgan fingerprint density at radius 3 is 2.71 bits per heavy atom. The number of aliphatic imine (C=N–C) groups is 1. The van der Waals surface area contributed by atoms with Gasteiger partial charge in [0.2, 0.25) is 5.91 Å². The van der Waals surface area contributed by atoms with Crippen LogP contribution in [-0.2, 0) is 17.8 Å². The van der Waals surface area contributed by atoms with Crippen molar-refractivity contribution in [3.63, 3.8) is 0 Å². The molecule has 31 heavy (non-hydrogen) atoms. The summed E-state index contributed by atoms with van der Waals surface area (Å²) >= 11 is 0. The summed E-state index contributed by atoms with van der Waals surface area (Å²) in [5.74, 6) is 1.53. The Bertz CT molecular complexity index is 773. The van der Waals surface area contributed by atoms with Crippen molar-refractivity contribution in [2.45, 2.75) is 71.0 Å². The summed E-state index contributed by atoms with van der Waals surface area (Å²) in [6.45, 7) is 9.78. The number of hydrogen-bond acceptors (Lipinski definition) is 3. The number of hydrogen-bond donors (Lipinski definition) is 2. The molecule has 2 aliphatic heterocycles. The standard InChI is InChI=1S/C25H39N5O/c1-3-26-25(28-23-13-15-30(18-23)24(31)21-9-5-6-10-21)27-16-19(2)29-14-12-20-8-4-7-11-22(20)17-29/h4,7-8,11,19,21,23H,3,5-6,9-10,12-18H2,1-2H3,(H2,26,27,28). The van der Waals surface area contributed by atoms with E-state index in [4.69, 9.17) is 4.99 Å². The Balaban J connectivity index is 1.29. The first kappa shape index (κ1) is 22.1. The second-order valence-corrected chi connectivity index (χ2v) is 9.45. The van der Waals surface area contributed by atoms with Gasteiger partial charge in [0.25, 0.3) is 0 Å². The van der Waals surface area contributed by atoms with Gasteiger partial charge in [-0.2, -0.15) is 0 Å². The van der Waals surface area contributed by atoms with Crippen LogP contribution in [0, 0.1) is 5.92 Å². The maximum Gasteiger partial charge on any atom is 0.225 e. The molecule has 3 aliphatic rings. The number of rotatable bonds is 6. The number of nitrogens with zero attached hydrogens (tertiary/aromatic N) is 3. The summed E-state index contributed by atoms with van der Waals surface area (Å²) < 4.78 is 0. The van der Waals surface area contributed by atoms with Crippen molar-refractivity contribution in [1.29, 1.82) is 0 Å². The van der Waals surface area contributed by atoms with Crippen LogP contribution in [0.25, 0.3) is 0 Å². The normalized spacial score (nSPS) is 23.6. The van der Waals surface area contributed by atoms with Crippen molar-refractivity contribution in [3.05, 3.63) is 35.4 Å². The van der Waals surface area contributed by atoms with Crippen molar-refractivity contribution >= 4 is 11.9 Å². The average molecular weight is 426 g/mol. The second kappa shape index (κ2) is 10.5. The quantitative estimate of drug-likeness (QED) is 0.544. The lowest BCUT2D eigenvalue weighted by atomic mass is 9.99. The van der Waals surface area contributed by atoms with Crippen LogP contribution in [0.4, 0.5) is 0 Å². The predicted molar refractivity (Wildman–Crippen MR) is 126 cm³/mol. The van der Waals surface area contributed by atoms with Gasteiger partial charge in [0.15, 0.2) is 5.96 Å². The molecule has 1 saturated heterocycles. The molecule has 2 heterocycles. The van der Waals surface area contributed by atoms with E-state index in [-0.39, 0.29) is 5.92 Å². The first-order valence-corrected chi connectivity index (χ1v) is 12.3. The van der Waals surface area contributed by atoms with Crippen molar-refractivity contribution < 1.29 is 4.79 Å². The van der Waals surface area contributed by atoms with E-state index in [1.165, 1.54) is 24.0 Å². The first-order valence-electron chi connectivity index (χ1n) is 12.3. The number of amides is 1. The Kier molecular flexibility index (Phi) is 7.49. The van der Waals surface area contributed by atoms with Crippen LogP contribution in [0.3, 0.4) is 0 Å². The van der Waals surface area contributed by atoms with Gasteiger partial charge in [-0.05, 0) is 50.7 Å². The molecule has 2 fully saturated rings. The Morgan fingerprint density at radius 1 is 1.16 bits per heavy atom. The van der Waals surface area contributed by atoms with Gasteiger partial charge in [-0.1, -0.05) is 37.1 Å². The van der Waals surface area contributed by atoms with Gasteiger partial charge in [-0.3, -0.25) is 14.7 Å². The summed E-state index contributed by atoms with van der Waals surface area (Å²) in [4.78, 5) is 22.2. The summed E-state index contributed by atoms with van der Waals surface area (Å²) in [6, 6.07) is 9.48. The van der Waals surface area contributed by atoms with Crippen LogP contribution in [-0.4, -0.2) is 66.5 Å². The van der Waals surface area contributed by atoms with E-state index in [0.29, 0.717) is 18.0 Å². The molecule has 1 aromatic rings. The molecule has 170 valence electrons. The van der Waals surface area contributed by atoms with Gasteiger partial charge in [0, 0.05) is 50.7 Å². The van der Waals surface area contributed by atoms with Crippen molar-refractivity contribution in [2.24, 2.45) is 10.9 Å². The van der Waals surface area contributed by atoms with E-state index in [0.717, 1.165) is 70.9 Å². The minimum Gasteiger partial charge on any atom is -0.357 e. The fourth-order valence-corrected chi connectivity index (χ4v) is 5.26. The Morgan fingerprint density at radius 2 is 1.94 bits per heavy atom. The first-order chi connectivity index (χ1) is 15.1. The lowest BCUT2D eigenvalue weighted by Gasteiger charge is -2.33. The summed E-state index contributed by atoms with van der Waals surface area (Å²) in [5, 5.41) is 6.99. The fourth-order valence-electron chi connectivity index (χ4n) is 5.26. The molecule has 4 rings (SSSR count). The van der Waals surface area contributed by atoms with Crippen LogP contribution >= 0.6 is 0 Å². The average Bonchev–Trinajstić information content (AvgIpc) is 3.49. The number of nitrogens with one attached hydrogen (secondary N) is 2. The third-order valence-electron chi connectivity index (χ3n) is 7.19. The zero-order valence-electron chi connectivity index (χ0n) is 19.3. The van der Waals surface area contributed by atoms with Gasteiger partial charge in [-0.15, -0.1) is 0 Å². The van der Waals surface area contributed by atoms with Crippen LogP contribution in [0.2, 0.25) is 0 Å². The fraction of sp³-hybridized carbons (Fsp3) is 0.680. The number of fused-ring (bicyclic) bond motifs is 1. The number of likely N-dealkylation sites (tertiary alicyclic amines) is 1. The second-order valence-electron chi connectivity index (χ2n) is 9.45. The zero-order valence-corrected chi connectivity index (χ0v) is 19.3. The highest BCUT2D eigenvalue weighted by Crippen LogP contribution is 2.28. The minimum absolute atomic E-state index is 0.274. The highest BCUT2D eigenvalue weighted by molar-refractivity contribution is 5.81. The molecule has 0 bridgehead atoms. The van der Waals surface area contributed by atoms with E-state index in [1.54, 1.807) is 0 Å². The van der Waals surface area contributed by atoms with Gasteiger partial charge < -0.3 is 15.5 Å². The molecule has 0 spiro atoms. The number of benzene rings is 1. The summed E-state index contributed by atoms with van der Waals surface area (Å²) in [7, 11) is 0. The summed E-state index contributed by atoms with van der Waals surface area (Å²) in [5.41, 5.74) is 2.94. The molecule has 0 aromatic heterocycles. The molecule has 2 unspecified atom stereocenters. The Hall–Kier alpha value is -2.08. The monoisotopic (exact) mass is 425 g/mol. The van der Waals surface area contributed by atoms with Crippen LogP contribution in [0.15, 0.2) is 29.3 Å². The van der Waals surface area contributed by atoms with Gasteiger partial charge in [0.05, 0.1) is 6.54 Å². The molecule has 1 amide bonds. The van der Waals surface area contributed by atoms with E-state index < -0.39 is 0 Å². The highest BCUT2D eigenvalue weighted by Gasteiger charge is 2.32. The maximum atomic E-state index is 12.7. The molecule has 6 nitrogen and oxygen atoms in total. The van der Waals surface area contributed by atoms with E-state index in [1.807, 2.05) is 0 Å². The van der Waals surface area contributed by atoms with Gasteiger partial charge in [0.1, 0.15) is 0 Å². The van der Waals surface area contributed by atoms with Crippen LogP contribution in [0.5, 0.6) is 0 Å². The van der Waals surface area contributed by atoms with Gasteiger partial charge in [-0.25, -0.2) is 0 Å². The largest absolute Gasteiger partial charge is 0.357 e. The molecule has 1 saturated carbocycles. The number of guanidine groups is 1. The molecular weight excluding hydrogens is 386 g/mol. The molecule has 2 N–H and O–H groups in total. The molecule has 1 aromatic carbocycles. The molecule has 1 aliphatic carbocycles. The van der Waals surface area contributed by atoms with Crippen molar-refractivity contribution in [2.75, 3.05) is 32.7 Å². The lowest BCUT2D eigenvalue weighted by molar-refractivity contribution is -0.134. The predicted octanol–water partition coefficient (Wildman–Crippen LogP) is 2.78. The third kappa shape index (κ3) is 5.59. The Labute approximate surface area is 187 Å². The van der Waals surface area contributed by atoms with Crippen molar-refractivity contribution in [3.8, 4) is 0 Å². The topological polar surface area (TPSA) is 60.0 Å². The molecule has 2 atom stereocenters. The van der Waals surface area contributed by atoms with Crippen molar-refractivity contribution in [1.82, 2.24) is 20.4 Å². The maximum absolute atomic E-state index is 12.7. The SMILES string of the molecule is CCNC(=NCC(C)N1CCc2ccccc2C1)NC1CCN(C(=O)C2CCCC2)C1. The van der Waals surface area contributed by atoms with E-state index >= 15 is 0 Å². The number of carbonyl (C=O) groups excluding carboxylic acids is 1. The smallest absolute Gasteiger partial charge is 0.225 e. The highest BCUT2D eigenvalue weighted by atomic mass is 16.2. The lowest BCUT2D eigenvalue weighted by Crippen LogP contribution is -2.46. The number of carbonyl (C=O) groups is 1. The molecule has 6 heteroatoms.